The standard InChI is InChI=1S/C12H11ClO2/c1-8-7-9(13)4-5-10(8)12(14)11-3-2-6-15-11/h3-5,7H,2,6H2,1H3. The van der Waals surface area contributed by atoms with Crippen molar-refractivity contribution in [2.24, 2.45) is 0 Å². The lowest BCUT2D eigenvalue weighted by Gasteiger charge is -2.06. The fourth-order valence-corrected chi connectivity index (χ4v) is 1.82. The molecule has 0 aliphatic carbocycles. The van der Waals surface area contributed by atoms with Crippen LogP contribution in [0.3, 0.4) is 0 Å². The van der Waals surface area contributed by atoms with Crippen LogP contribution in [0.5, 0.6) is 0 Å². The molecule has 15 heavy (non-hydrogen) atoms. The number of hydrogen-bond donors (Lipinski definition) is 0. The maximum Gasteiger partial charge on any atom is 0.227 e. The molecule has 1 aromatic carbocycles. The third-order valence-corrected chi connectivity index (χ3v) is 2.60. The van der Waals surface area contributed by atoms with Crippen molar-refractivity contribution in [2.45, 2.75) is 13.3 Å². The molecule has 3 heteroatoms. The Balaban J connectivity index is 2.33. The predicted octanol–water partition coefficient (Wildman–Crippen LogP) is 3.14. The summed E-state index contributed by atoms with van der Waals surface area (Å²) in [4.78, 5) is 11.9. The molecular formula is C12H11ClO2. The average Bonchev–Trinajstić information content (AvgIpc) is 2.69. The van der Waals surface area contributed by atoms with Crippen LogP contribution in [0.25, 0.3) is 0 Å². The Hall–Kier alpha value is -1.28. The predicted molar refractivity (Wildman–Crippen MR) is 59.2 cm³/mol. The molecule has 0 radical (unpaired) electrons. The molecule has 1 aliphatic rings. The van der Waals surface area contributed by atoms with Gasteiger partial charge in [0.15, 0.2) is 5.76 Å². The van der Waals surface area contributed by atoms with Crippen LogP contribution in [-0.2, 0) is 4.74 Å². The van der Waals surface area contributed by atoms with Gasteiger partial charge in [-0.05, 0) is 36.8 Å². The molecule has 0 N–H and O–H groups in total. The van der Waals surface area contributed by atoms with Gasteiger partial charge >= 0.3 is 0 Å². The van der Waals surface area contributed by atoms with E-state index in [2.05, 4.69) is 0 Å². The first-order valence-corrected chi connectivity index (χ1v) is 5.20. The molecule has 0 bridgehead atoms. The molecule has 1 heterocycles. The largest absolute Gasteiger partial charge is 0.489 e. The summed E-state index contributed by atoms with van der Waals surface area (Å²) >= 11 is 5.82. The topological polar surface area (TPSA) is 26.3 Å². The molecule has 0 atom stereocenters. The molecule has 78 valence electrons. The minimum Gasteiger partial charge on any atom is -0.489 e. The number of allylic oxidation sites excluding steroid dienone is 1. The summed E-state index contributed by atoms with van der Waals surface area (Å²) in [7, 11) is 0. The Morgan fingerprint density at radius 1 is 1.47 bits per heavy atom. The highest BCUT2D eigenvalue weighted by Crippen LogP contribution is 2.20. The van der Waals surface area contributed by atoms with Gasteiger partial charge in [0.05, 0.1) is 6.61 Å². The molecule has 0 fully saturated rings. The quantitative estimate of drug-likeness (QED) is 0.719. The van der Waals surface area contributed by atoms with Gasteiger partial charge in [-0.15, -0.1) is 0 Å². The molecule has 1 aliphatic heterocycles. The van der Waals surface area contributed by atoms with Gasteiger partial charge in [-0.25, -0.2) is 0 Å². The summed E-state index contributed by atoms with van der Waals surface area (Å²) in [6.45, 7) is 2.47. The molecule has 1 aromatic rings. The molecule has 0 amide bonds. The van der Waals surface area contributed by atoms with Crippen LogP contribution in [-0.4, -0.2) is 12.4 Å². The fourth-order valence-electron chi connectivity index (χ4n) is 1.59. The Morgan fingerprint density at radius 3 is 2.87 bits per heavy atom. The molecule has 0 saturated carbocycles. The summed E-state index contributed by atoms with van der Waals surface area (Å²) in [5, 5.41) is 0.644. The van der Waals surface area contributed by atoms with E-state index in [-0.39, 0.29) is 5.78 Å². The third kappa shape index (κ3) is 2.05. The van der Waals surface area contributed by atoms with Gasteiger partial charge < -0.3 is 4.74 Å². The van der Waals surface area contributed by atoms with Gasteiger partial charge in [-0.2, -0.15) is 0 Å². The average molecular weight is 223 g/mol. The van der Waals surface area contributed by atoms with Crippen LogP contribution in [0.15, 0.2) is 30.0 Å². The number of ketones is 1. The minimum absolute atomic E-state index is 0.0540. The normalized spacial score (nSPS) is 14.7. The van der Waals surface area contributed by atoms with Crippen molar-refractivity contribution in [3.63, 3.8) is 0 Å². The van der Waals surface area contributed by atoms with Crippen LogP contribution in [0, 0.1) is 6.92 Å². The Bertz CT molecular complexity index is 435. The number of halogens is 1. The van der Waals surface area contributed by atoms with E-state index < -0.39 is 0 Å². The van der Waals surface area contributed by atoms with Gasteiger partial charge in [-0.1, -0.05) is 11.6 Å². The second-order valence-corrected chi connectivity index (χ2v) is 3.93. The zero-order valence-corrected chi connectivity index (χ0v) is 9.17. The van der Waals surface area contributed by atoms with E-state index in [1.807, 2.05) is 13.0 Å². The highest BCUT2D eigenvalue weighted by molar-refractivity contribution is 6.30. The number of Topliss-reactive ketones (excluding diaryl/α,β-unsaturated/α-hetero) is 1. The number of carbonyl (C=O) groups is 1. The lowest BCUT2D eigenvalue weighted by atomic mass is 10.0. The summed E-state index contributed by atoms with van der Waals surface area (Å²) < 4.78 is 5.23. The van der Waals surface area contributed by atoms with Crippen LogP contribution in [0.1, 0.15) is 22.3 Å². The van der Waals surface area contributed by atoms with Crippen molar-refractivity contribution < 1.29 is 9.53 Å². The number of ether oxygens (including phenoxy) is 1. The Morgan fingerprint density at radius 2 is 2.27 bits per heavy atom. The number of hydrogen-bond acceptors (Lipinski definition) is 2. The van der Waals surface area contributed by atoms with E-state index in [4.69, 9.17) is 16.3 Å². The summed E-state index contributed by atoms with van der Waals surface area (Å²) in [6, 6.07) is 5.24. The van der Waals surface area contributed by atoms with Crippen molar-refractivity contribution in [2.75, 3.05) is 6.61 Å². The smallest absolute Gasteiger partial charge is 0.227 e. The third-order valence-electron chi connectivity index (χ3n) is 2.36. The fraction of sp³-hybridized carbons (Fsp3) is 0.250. The molecule has 0 unspecified atom stereocenters. The molecular weight excluding hydrogens is 212 g/mol. The van der Waals surface area contributed by atoms with Gasteiger partial charge in [0.25, 0.3) is 0 Å². The number of carbonyl (C=O) groups excluding carboxylic acids is 1. The zero-order valence-electron chi connectivity index (χ0n) is 8.42. The SMILES string of the molecule is Cc1cc(Cl)ccc1C(=O)C1=CCCO1. The first-order valence-electron chi connectivity index (χ1n) is 4.82. The van der Waals surface area contributed by atoms with Crippen LogP contribution < -0.4 is 0 Å². The first-order chi connectivity index (χ1) is 7.18. The first kappa shape index (κ1) is 10.2. The maximum absolute atomic E-state index is 11.9. The van der Waals surface area contributed by atoms with Gasteiger partial charge in [0, 0.05) is 17.0 Å². The highest BCUT2D eigenvalue weighted by atomic mass is 35.5. The van der Waals surface area contributed by atoms with E-state index in [1.54, 1.807) is 18.2 Å². The zero-order chi connectivity index (χ0) is 10.8. The lowest BCUT2D eigenvalue weighted by molar-refractivity contribution is 0.0941. The van der Waals surface area contributed by atoms with Crippen molar-refractivity contribution in [3.05, 3.63) is 46.2 Å². The van der Waals surface area contributed by atoms with Crippen molar-refractivity contribution >= 4 is 17.4 Å². The van der Waals surface area contributed by atoms with E-state index in [0.29, 0.717) is 23.0 Å². The van der Waals surface area contributed by atoms with Gasteiger partial charge in [0.1, 0.15) is 0 Å². The summed E-state index contributed by atoms with van der Waals surface area (Å²) in [5.74, 6) is 0.405. The second kappa shape index (κ2) is 4.07. The lowest BCUT2D eigenvalue weighted by Crippen LogP contribution is -2.05. The summed E-state index contributed by atoms with van der Waals surface area (Å²) in [5.41, 5.74) is 1.54. The summed E-state index contributed by atoms with van der Waals surface area (Å²) in [6.07, 6.45) is 2.64. The monoisotopic (exact) mass is 222 g/mol. The minimum atomic E-state index is -0.0540. The van der Waals surface area contributed by atoms with Crippen LogP contribution in [0.4, 0.5) is 0 Å². The van der Waals surface area contributed by atoms with E-state index >= 15 is 0 Å². The van der Waals surface area contributed by atoms with Crippen molar-refractivity contribution in [3.8, 4) is 0 Å². The van der Waals surface area contributed by atoms with Crippen molar-refractivity contribution in [1.82, 2.24) is 0 Å². The molecule has 2 rings (SSSR count). The van der Waals surface area contributed by atoms with Gasteiger partial charge in [0.2, 0.25) is 5.78 Å². The van der Waals surface area contributed by atoms with Crippen LogP contribution in [0.2, 0.25) is 5.02 Å². The second-order valence-electron chi connectivity index (χ2n) is 3.49. The Labute approximate surface area is 93.5 Å². The van der Waals surface area contributed by atoms with E-state index in [0.717, 1.165) is 12.0 Å². The van der Waals surface area contributed by atoms with Crippen molar-refractivity contribution in [1.29, 1.82) is 0 Å². The Kier molecular flexibility index (Phi) is 2.78. The van der Waals surface area contributed by atoms with Gasteiger partial charge in [-0.3, -0.25) is 4.79 Å². The number of benzene rings is 1. The van der Waals surface area contributed by atoms with E-state index in [9.17, 15) is 4.79 Å². The number of aryl methyl sites for hydroxylation is 1. The van der Waals surface area contributed by atoms with E-state index in [1.165, 1.54) is 0 Å². The molecule has 0 aromatic heterocycles. The number of rotatable bonds is 2. The van der Waals surface area contributed by atoms with Crippen LogP contribution >= 0.6 is 11.6 Å². The highest BCUT2D eigenvalue weighted by Gasteiger charge is 2.18. The maximum atomic E-state index is 11.9. The molecule has 0 spiro atoms. The molecule has 2 nitrogen and oxygen atoms in total. The molecule has 0 saturated heterocycles.